The zero-order valence-corrected chi connectivity index (χ0v) is 19.4. The van der Waals surface area contributed by atoms with Crippen LogP contribution >= 0.6 is 0 Å². The van der Waals surface area contributed by atoms with Crippen LogP contribution in [0.25, 0.3) is 0 Å². The van der Waals surface area contributed by atoms with E-state index in [2.05, 4.69) is 25.4 Å². The lowest BCUT2D eigenvalue weighted by Crippen LogP contribution is -2.52. The molecule has 10 heteroatoms. The van der Waals surface area contributed by atoms with E-state index < -0.39 is 23.8 Å². The fourth-order valence-electron chi connectivity index (χ4n) is 5.13. The number of nitrogens with one attached hydrogen (secondary N) is 2. The van der Waals surface area contributed by atoms with Crippen molar-refractivity contribution in [3.8, 4) is 0 Å². The molecule has 3 aliphatic rings. The fraction of sp³-hybridized carbons (Fsp3) is 0.625. The molecule has 1 atom stereocenters. The minimum atomic E-state index is -0.714. The van der Waals surface area contributed by atoms with Crippen LogP contribution in [0.15, 0.2) is 18.3 Å². The van der Waals surface area contributed by atoms with Crippen molar-refractivity contribution in [3.63, 3.8) is 0 Å². The van der Waals surface area contributed by atoms with Gasteiger partial charge < -0.3 is 20.2 Å². The molecule has 0 aromatic carbocycles. The lowest BCUT2D eigenvalue weighted by Gasteiger charge is -2.38. The Labute approximate surface area is 199 Å². The molecule has 34 heavy (non-hydrogen) atoms. The number of carboxylic acids is 1. The number of amides is 3. The number of aliphatic carboxylic acids is 1. The average molecular weight is 472 g/mol. The van der Waals surface area contributed by atoms with Crippen molar-refractivity contribution in [2.75, 3.05) is 37.6 Å². The maximum atomic E-state index is 12.4. The first kappa shape index (κ1) is 24.1. The van der Waals surface area contributed by atoms with Gasteiger partial charge in [-0.05, 0) is 69.2 Å². The van der Waals surface area contributed by atoms with E-state index in [1.807, 2.05) is 6.07 Å². The first-order valence-corrected chi connectivity index (χ1v) is 12.2. The number of hydrogen-bond donors (Lipinski definition) is 3. The highest BCUT2D eigenvalue weighted by molar-refractivity contribution is 6.03. The molecule has 0 aliphatic carbocycles. The Balaban J connectivity index is 1.20. The van der Waals surface area contributed by atoms with Crippen LogP contribution in [0.2, 0.25) is 0 Å². The summed E-state index contributed by atoms with van der Waals surface area (Å²) in [4.78, 5) is 55.5. The second-order valence-corrected chi connectivity index (χ2v) is 9.65. The highest BCUT2D eigenvalue weighted by atomic mass is 16.4. The standard InChI is InChI=1S/C24H33N5O5/c30-21-4-3-20(24(34)27-21)26-23(33)19-2-1-18(14-25-19)29-11-7-17(8-12-29)15-28-9-5-16(6-10-28)13-22(31)32/h1-2,14,16-17,20H,3-13,15H2,(H,26,33)(H,31,32)(H,27,30,34). The Morgan fingerprint density at radius 3 is 2.35 bits per heavy atom. The summed E-state index contributed by atoms with van der Waals surface area (Å²) in [6, 6.07) is 2.85. The van der Waals surface area contributed by atoms with Gasteiger partial charge in [0.25, 0.3) is 5.91 Å². The number of carbonyl (C=O) groups excluding carboxylic acids is 3. The summed E-state index contributed by atoms with van der Waals surface area (Å²) in [6.07, 6.45) is 6.62. The van der Waals surface area contributed by atoms with Crippen LogP contribution in [0.3, 0.4) is 0 Å². The average Bonchev–Trinajstić information content (AvgIpc) is 2.82. The van der Waals surface area contributed by atoms with Crippen molar-refractivity contribution in [2.24, 2.45) is 11.8 Å². The van der Waals surface area contributed by atoms with Gasteiger partial charge in [-0.15, -0.1) is 0 Å². The monoisotopic (exact) mass is 471 g/mol. The SMILES string of the molecule is O=C(O)CC1CCN(CC2CCN(c3ccc(C(=O)NC4CCC(=O)NC4=O)nc3)CC2)CC1. The number of anilines is 1. The minimum Gasteiger partial charge on any atom is -0.481 e. The maximum Gasteiger partial charge on any atom is 0.303 e. The Kier molecular flexibility index (Phi) is 7.77. The number of carbonyl (C=O) groups is 4. The third-order valence-corrected chi connectivity index (χ3v) is 7.19. The van der Waals surface area contributed by atoms with Crippen LogP contribution in [0.4, 0.5) is 5.69 Å². The predicted molar refractivity (Wildman–Crippen MR) is 124 cm³/mol. The summed E-state index contributed by atoms with van der Waals surface area (Å²) in [5.41, 5.74) is 1.22. The molecular formula is C24H33N5O5. The third-order valence-electron chi connectivity index (χ3n) is 7.19. The molecule has 4 rings (SSSR count). The van der Waals surface area contributed by atoms with Crippen molar-refractivity contribution in [3.05, 3.63) is 24.0 Å². The van der Waals surface area contributed by atoms with Crippen molar-refractivity contribution in [1.29, 1.82) is 0 Å². The topological polar surface area (TPSA) is 132 Å². The summed E-state index contributed by atoms with van der Waals surface area (Å²) in [5, 5.41) is 13.9. The molecular weight excluding hydrogens is 438 g/mol. The van der Waals surface area contributed by atoms with Gasteiger partial charge in [-0.25, -0.2) is 4.98 Å². The van der Waals surface area contributed by atoms with Gasteiger partial charge in [0.2, 0.25) is 11.8 Å². The smallest absolute Gasteiger partial charge is 0.303 e. The Morgan fingerprint density at radius 2 is 1.74 bits per heavy atom. The molecule has 0 spiro atoms. The number of hydrogen-bond acceptors (Lipinski definition) is 7. The van der Waals surface area contributed by atoms with Gasteiger partial charge in [0.1, 0.15) is 11.7 Å². The molecule has 184 valence electrons. The molecule has 3 fully saturated rings. The van der Waals surface area contributed by atoms with Gasteiger partial charge in [-0.3, -0.25) is 24.5 Å². The molecule has 1 unspecified atom stereocenters. The van der Waals surface area contributed by atoms with Crippen LogP contribution < -0.4 is 15.5 Å². The zero-order valence-electron chi connectivity index (χ0n) is 19.4. The number of pyridine rings is 1. The van der Waals surface area contributed by atoms with Crippen molar-refractivity contribution in [2.45, 2.75) is 51.0 Å². The number of carboxylic acid groups (broad SMARTS) is 1. The maximum absolute atomic E-state index is 12.4. The summed E-state index contributed by atoms with van der Waals surface area (Å²) in [7, 11) is 0. The molecule has 3 amide bonds. The lowest BCUT2D eigenvalue weighted by molar-refractivity contribution is -0.138. The molecule has 1 aromatic rings. The molecule has 10 nitrogen and oxygen atoms in total. The van der Waals surface area contributed by atoms with Crippen LogP contribution in [0.1, 0.15) is 55.4 Å². The van der Waals surface area contributed by atoms with Crippen LogP contribution in [0, 0.1) is 11.8 Å². The number of rotatable bonds is 7. The summed E-state index contributed by atoms with van der Waals surface area (Å²) in [5.74, 6) is -0.957. The zero-order chi connectivity index (χ0) is 24.1. The van der Waals surface area contributed by atoms with Gasteiger partial charge in [0.05, 0.1) is 11.9 Å². The van der Waals surface area contributed by atoms with Crippen molar-refractivity contribution >= 4 is 29.4 Å². The molecule has 0 bridgehead atoms. The first-order valence-electron chi connectivity index (χ1n) is 12.2. The van der Waals surface area contributed by atoms with Crippen LogP contribution in [-0.4, -0.2) is 77.4 Å². The predicted octanol–water partition coefficient (Wildman–Crippen LogP) is 1.02. The first-order chi connectivity index (χ1) is 16.4. The van der Waals surface area contributed by atoms with E-state index in [4.69, 9.17) is 5.11 Å². The van der Waals surface area contributed by atoms with Crippen LogP contribution in [-0.2, 0) is 14.4 Å². The molecule has 3 aliphatic heterocycles. The van der Waals surface area contributed by atoms with E-state index in [-0.39, 0.29) is 24.4 Å². The van der Waals surface area contributed by atoms with E-state index in [1.54, 1.807) is 12.3 Å². The number of piperidine rings is 3. The Bertz CT molecular complexity index is 905. The van der Waals surface area contributed by atoms with Gasteiger partial charge >= 0.3 is 5.97 Å². The molecule has 3 N–H and O–H groups in total. The van der Waals surface area contributed by atoms with E-state index in [0.29, 0.717) is 18.3 Å². The molecule has 3 saturated heterocycles. The molecule has 0 radical (unpaired) electrons. The van der Waals surface area contributed by atoms with Crippen LogP contribution in [0.5, 0.6) is 0 Å². The summed E-state index contributed by atoms with van der Waals surface area (Å²) >= 11 is 0. The normalized spacial score (nSPS) is 22.9. The number of likely N-dealkylation sites (tertiary alicyclic amines) is 1. The second-order valence-electron chi connectivity index (χ2n) is 9.65. The quantitative estimate of drug-likeness (QED) is 0.502. The largest absolute Gasteiger partial charge is 0.481 e. The van der Waals surface area contributed by atoms with Crippen molar-refractivity contribution in [1.82, 2.24) is 20.5 Å². The van der Waals surface area contributed by atoms with Gasteiger partial charge in [-0.2, -0.15) is 0 Å². The summed E-state index contributed by atoms with van der Waals surface area (Å²) in [6.45, 7) is 4.92. The van der Waals surface area contributed by atoms with E-state index >= 15 is 0 Å². The highest BCUT2D eigenvalue weighted by Gasteiger charge is 2.29. The fourth-order valence-corrected chi connectivity index (χ4v) is 5.13. The van der Waals surface area contributed by atoms with Gasteiger partial charge in [-0.1, -0.05) is 0 Å². The van der Waals surface area contributed by atoms with Crippen molar-refractivity contribution < 1.29 is 24.3 Å². The van der Waals surface area contributed by atoms with E-state index in [0.717, 1.165) is 64.1 Å². The molecule has 1 aromatic heterocycles. The van der Waals surface area contributed by atoms with Gasteiger partial charge in [0, 0.05) is 32.5 Å². The minimum absolute atomic E-state index is 0.210. The number of imide groups is 1. The molecule has 4 heterocycles. The second kappa shape index (κ2) is 10.9. The lowest BCUT2D eigenvalue weighted by atomic mass is 9.91. The number of nitrogens with zero attached hydrogens (tertiary/aromatic N) is 3. The Morgan fingerprint density at radius 1 is 1.03 bits per heavy atom. The van der Waals surface area contributed by atoms with Gasteiger partial charge in [0.15, 0.2) is 0 Å². The van der Waals surface area contributed by atoms with E-state index in [9.17, 15) is 19.2 Å². The third kappa shape index (κ3) is 6.31. The number of aromatic nitrogens is 1. The Hall–Kier alpha value is -3.01. The van der Waals surface area contributed by atoms with E-state index in [1.165, 1.54) is 0 Å². The molecule has 0 saturated carbocycles. The summed E-state index contributed by atoms with van der Waals surface area (Å²) < 4.78 is 0. The highest BCUT2D eigenvalue weighted by Crippen LogP contribution is 2.26.